The molecule has 4 rings (SSSR count). The van der Waals surface area contributed by atoms with Crippen LogP contribution in [0.4, 0.5) is 5.69 Å². The Kier molecular flexibility index (Phi) is 8.14. The average molecular weight is 510 g/mol. The van der Waals surface area contributed by atoms with Gasteiger partial charge in [0.2, 0.25) is 5.91 Å². The molecule has 37 heavy (non-hydrogen) atoms. The van der Waals surface area contributed by atoms with Crippen molar-refractivity contribution in [3.63, 3.8) is 0 Å². The van der Waals surface area contributed by atoms with Crippen molar-refractivity contribution in [1.29, 1.82) is 0 Å². The summed E-state index contributed by atoms with van der Waals surface area (Å²) in [6.45, 7) is 5.18. The van der Waals surface area contributed by atoms with Gasteiger partial charge in [-0.15, -0.1) is 0 Å². The predicted molar refractivity (Wildman–Crippen MR) is 139 cm³/mol. The highest BCUT2D eigenvalue weighted by molar-refractivity contribution is 6.02. The molecule has 3 atom stereocenters. The van der Waals surface area contributed by atoms with E-state index in [2.05, 4.69) is 10.2 Å². The fourth-order valence-corrected chi connectivity index (χ4v) is 4.58. The van der Waals surface area contributed by atoms with Gasteiger partial charge in [0.15, 0.2) is 5.75 Å². The molecule has 0 saturated heterocycles. The summed E-state index contributed by atoms with van der Waals surface area (Å²) in [6.07, 6.45) is 1.41. The van der Waals surface area contributed by atoms with Crippen LogP contribution in [0, 0.1) is 11.8 Å². The quantitative estimate of drug-likeness (QED) is 0.475. The summed E-state index contributed by atoms with van der Waals surface area (Å²) in [5, 5.41) is 21.9. The molecular weight excluding hydrogens is 474 g/mol. The lowest BCUT2D eigenvalue weighted by molar-refractivity contribution is -0.117. The molecule has 0 bridgehead atoms. The Labute approximate surface area is 217 Å². The minimum atomic E-state index is -0.962. The minimum absolute atomic E-state index is 0.000563. The Morgan fingerprint density at radius 2 is 1.89 bits per heavy atom. The summed E-state index contributed by atoms with van der Waals surface area (Å²) in [4.78, 5) is 41.0. The molecule has 0 spiro atoms. The number of likely N-dealkylation sites (N-methyl/N-ethyl adjacent to an activating group) is 1. The number of fused-ring (bicyclic) bond motifs is 1. The van der Waals surface area contributed by atoms with Crippen molar-refractivity contribution in [2.24, 2.45) is 11.8 Å². The second kappa shape index (κ2) is 11.3. The van der Waals surface area contributed by atoms with Gasteiger partial charge < -0.3 is 25.2 Å². The number of aromatic carboxylic acids is 1. The molecular formula is C28H35N3O6. The molecule has 3 N–H and O–H groups in total. The average Bonchev–Trinajstić information content (AvgIpc) is 3.72. The van der Waals surface area contributed by atoms with E-state index in [4.69, 9.17) is 9.84 Å². The van der Waals surface area contributed by atoms with Gasteiger partial charge in [-0.1, -0.05) is 25.1 Å². The number of nitrogens with zero attached hydrogens (tertiary/aromatic N) is 2. The number of hydrogen-bond donors (Lipinski definition) is 3. The second-order valence-corrected chi connectivity index (χ2v) is 10.3. The fourth-order valence-electron chi connectivity index (χ4n) is 4.58. The first-order valence-electron chi connectivity index (χ1n) is 12.7. The number of hydrogen-bond acceptors (Lipinski definition) is 6. The van der Waals surface area contributed by atoms with Gasteiger partial charge in [0.25, 0.3) is 5.91 Å². The van der Waals surface area contributed by atoms with Crippen molar-refractivity contribution >= 4 is 23.5 Å². The number of carboxylic acids is 1. The zero-order valence-electron chi connectivity index (χ0n) is 21.5. The Balaban J connectivity index is 1.60. The van der Waals surface area contributed by atoms with Crippen LogP contribution in [-0.4, -0.2) is 76.7 Å². The highest BCUT2D eigenvalue weighted by atomic mass is 16.5. The number of carbonyl (C=O) groups excluding carboxylic acids is 2. The number of nitrogens with one attached hydrogen (secondary N) is 1. The Hall–Kier alpha value is -3.43. The van der Waals surface area contributed by atoms with Crippen LogP contribution in [0.2, 0.25) is 0 Å². The highest BCUT2D eigenvalue weighted by Gasteiger charge is 2.36. The lowest BCUT2D eigenvalue weighted by Gasteiger charge is -2.38. The number of anilines is 1. The second-order valence-electron chi connectivity index (χ2n) is 10.3. The van der Waals surface area contributed by atoms with Crippen molar-refractivity contribution in [3.05, 3.63) is 59.2 Å². The van der Waals surface area contributed by atoms with E-state index in [1.165, 1.54) is 0 Å². The standard InChI is InChI=1S/C28H35N3O6/c1-17-13-31(18(2)16-32)27(34)22-5-4-6-23(29-26(33)20-11-12-20)25(22)37-24(17)15-30(3)14-19-7-9-21(10-8-19)28(35)36/h4-10,17-18,20,24,32H,11-16H2,1-3H3,(H,29,33)(H,35,36)/t17-,18-,24+/m0/s1. The third-order valence-corrected chi connectivity index (χ3v) is 7.04. The number of benzene rings is 2. The molecule has 0 radical (unpaired) electrons. The molecule has 2 aromatic rings. The number of carbonyl (C=O) groups is 3. The van der Waals surface area contributed by atoms with Gasteiger partial charge in [-0.25, -0.2) is 4.79 Å². The number of aliphatic hydroxyl groups excluding tert-OH is 1. The van der Waals surface area contributed by atoms with Crippen LogP contribution in [0.5, 0.6) is 5.75 Å². The smallest absolute Gasteiger partial charge is 0.335 e. The molecule has 1 aliphatic carbocycles. The molecule has 1 heterocycles. The first-order chi connectivity index (χ1) is 17.7. The van der Waals surface area contributed by atoms with Crippen LogP contribution in [0.1, 0.15) is 53.0 Å². The van der Waals surface area contributed by atoms with Gasteiger partial charge in [-0.05, 0) is 56.6 Å². The van der Waals surface area contributed by atoms with E-state index >= 15 is 0 Å². The molecule has 9 nitrogen and oxygen atoms in total. The number of amides is 2. The predicted octanol–water partition coefficient (Wildman–Crippen LogP) is 3.09. The minimum Gasteiger partial charge on any atom is -0.486 e. The van der Waals surface area contributed by atoms with Gasteiger partial charge in [-0.3, -0.25) is 14.5 Å². The van der Waals surface area contributed by atoms with Crippen molar-refractivity contribution in [3.8, 4) is 5.75 Å². The molecule has 1 saturated carbocycles. The zero-order valence-corrected chi connectivity index (χ0v) is 21.5. The topological polar surface area (TPSA) is 119 Å². The molecule has 9 heteroatoms. The molecule has 2 aromatic carbocycles. The van der Waals surface area contributed by atoms with Crippen molar-refractivity contribution in [1.82, 2.24) is 9.80 Å². The number of ether oxygens (including phenoxy) is 1. The van der Waals surface area contributed by atoms with Crippen molar-refractivity contribution < 1.29 is 29.3 Å². The van der Waals surface area contributed by atoms with Crippen LogP contribution in [0.25, 0.3) is 0 Å². The fraction of sp³-hybridized carbons (Fsp3) is 0.464. The van der Waals surface area contributed by atoms with E-state index in [1.807, 2.05) is 20.9 Å². The van der Waals surface area contributed by atoms with Crippen LogP contribution < -0.4 is 10.1 Å². The first kappa shape index (κ1) is 26.6. The molecule has 0 aromatic heterocycles. The van der Waals surface area contributed by atoms with Crippen LogP contribution in [0.15, 0.2) is 42.5 Å². The summed E-state index contributed by atoms with van der Waals surface area (Å²) in [5.74, 6) is -0.993. The van der Waals surface area contributed by atoms with Crippen molar-refractivity contribution in [2.75, 3.05) is 32.1 Å². The van der Waals surface area contributed by atoms with E-state index in [9.17, 15) is 19.5 Å². The number of para-hydroxylation sites is 1. The third-order valence-electron chi connectivity index (χ3n) is 7.04. The highest BCUT2D eigenvalue weighted by Crippen LogP contribution is 2.37. The maximum absolute atomic E-state index is 13.5. The van der Waals surface area contributed by atoms with Crippen LogP contribution in [-0.2, 0) is 11.3 Å². The third kappa shape index (κ3) is 6.29. The van der Waals surface area contributed by atoms with Crippen LogP contribution in [0.3, 0.4) is 0 Å². The molecule has 198 valence electrons. The summed E-state index contributed by atoms with van der Waals surface area (Å²) in [7, 11) is 1.96. The molecule has 1 fully saturated rings. The summed E-state index contributed by atoms with van der Waals surface area (Å²) in [6, 6.07) is 11.6. The van der Waals surface area contributed by atoms with E-state index < -0.39 is 5.97 Å². The SMILES string of the molecule is C[C@H]1CN([C@@H](C)CO)C(=O)c2cccc(NC(=O)C3CC3)c2O[C@@H]1CN(C)Cc1ccc(C(=O)O)cc1. The van der Waals surface area contributed by atoms with E-state index in [1.54, 1.807) is 47.4 Å². The summed E-state index contributed by atoms with van der Waals surface area (Å²) >= 11 is 0. The van der Waals surface area contributed by atoms with Gasteiger partial charge in [-0.2, -0.15) is 0 Å². The van der Waals surface area contributed by atoms with Gasteiger partial charge in [0.1, 0.15) is 6.10 Å². The number of aliphatic hydroxyl groups is 1. The van der Waals surface area contributed by atoms with E-state index in [0.29, 0.717) is 36.6 Å². The monoisotopic (exact) mass is 509 g/mol. The number of carboxylic acid groups (broad SMARTS) is 1. The maximum Gasteiger partial charge on any atom is 0.335 e. The van der Waals surface area contributed by atoms with Crippen LogP contribution >= 0.6 is 0 Å². The lowest BCUT2D eigenvalue weighted by Crippen LogP contribution is -2.49. The Morgan fingerprint density at radius 1 is 1.19 bits per heavy atom. The molecule has 2 aliphatic rings. The lowest BCUT2D eigenvalue weighted by atomic mass is 9.98. The van der Waals surface area contributed by atoms with Gasteiger partial charge >= 0.3 is 5.97 Å². The summed E-state index contributed by atoms with van der Waals surface area (Å²) in [5.41, 5.74) is 2.04. The molecule has 1 aliphatic heterocycles. The van der Waals surface area contributed by atoms with E-state index in [-0.39, 0.29) is 48.0 Å². The van der Waals surface area contributed by atoms with Gasteiger partial charge in [0.05, 0.1) is 29.5 Å². The molecule has 0 unspecified atom stereocenters. The maximum atomic E-state index is 13.5. The Bertz CT molecular complexity index is 1150. The zero-order chi connectivity index (χ0) is 26.7. The normalized spacial score (nSPS) is 20.5. The number of rotatable bonds is 9. The van der Waals surface area contributed by atoms with E-state index in [0.717, 1.165) is 18.4 Å². The Morgan fingerprint density at radius 3 is 2.51 bits per heavy atom. The summed E-state index contributed by atoms with van der Waals surface area (Å²) < 4.78 is 6.53. The largest absolute Gasteiger partial charge is 0.486 e. The van der Waals surface area contributed by atoms with Crippen molar-refractivity contribution in [2.45, 2.75) is 45.4 Å². The first-order valence-corrected chi connectivity index (χ1v) is 12.7. The van der Waals surface area contributed by atoms with Gasteiger partial charge in [0, 0.05) is 31.5 Å². The molecule has 2 amide bonds.